The molecule has 9 nitrogen and oxygen atoms in total. The summed E-state index contributed by atoms with van der Waals surface area (Å²) in [7, 11) is 0. The maximum atomic E-state index is 15.4. The molecule has 5 aromatic rings. The van der Waals surface area contributed by atoms with Crippen LogP contribution in [0.3, 0.4) is 0 Å². The van der Waals surface area contributed by atoms with E-state index >= 15 is 4.39 Å². The molecule has 0 unspecified atom stereocenters. The number of carbonyl (C=O) groups excluding carboxylic acids is 4. The van der Waals surface area contributed by atoms with Crippen molar-refractivity contribution in [2.24, 2.45) is 0 Å². The Hall–Kier alpha value is -5.55. The number of piperidine rings is 1. The lowest BCUT2D eigenvalue weighted by Crippen LogP contribution is -2.42. The SMILES string of the molecule is Cc1cc(C(=O)c2ccccc2)ccc1OCC(=O)Nc1ccccc1N(CCN1CCCCC1)C(=O)COc1c(F)cc(C(=O)c2ccc(Cl)cc2)cc1Cl. The third-order valence-electron chi connectivity index (χ3n) is 9.40. The third kappa shape index (κ3) is 10.2. The Labute approximate surface area is 334 Å². The van der Waals surface area contributed by atoms with Gasteiger partial charge in [-0.1, -0.05) is 72.1 Å². The van der Waals surface area contributed by atoms with Gasteiger partial charge in [0.15, 0.2) is 36.3 Å². The largest absolute Gasteiger partial charge is 0.483 e. The van der Waals surface area contributed by atoms with Crippen LogP contribution in [0.1, 0.15) is 56.7 Å². The third-order valence-corrected chi connectivity index (χ3v) is 9.93. The van der Waals surface area contributed by atoms with Crippen molar-refractivity contribution in [2.75, 3.05) is 49.6 Å². The van der Waals surface area contributed by atoms with Crippen LogP contribution in [0, 0.1) is 12.7 Å². The van der Waals surface area contributed by atoms with Crippen LogP contribution in [0.5, 0.6) is 11.5 Å². The van der Waals surface area contributed by atoms with Crippen molar-refractivity contribution in [1.82, 2.24) is 4.90 Å². The van der Waals surface area contributed by atoms with Gasteiger partial charge in [-0.05, 0) is 105 Å². The van der Waals surface area contributed by atoms with Gasteiger partial charge in [-0.25, -0.2) is 4.39 Å². The summed E-state index contributed by atoms with van der Waals surface area (Å²) >= 11 is 12.3. The highest BCUT2D eigenvalue weighted by atomic mass is 35.5. The summed E-state index contributed by atoms with van der Waals surface area (Å²) in [6.45, 7) is 3.52. The predicted molar refractivity (Wildman–Crippen MR) is 216 cm³/mol. The van der Waals surface area contributed by atoms with E-state index in [4.69, 9.17) is 32.7 Å². The van der Waals surface area contributed by atoms with Crippen LogP contribution >= 0.6 is 23.2 Å². The van der Waals surface area contributed by atoms with Gasteiger partial charge in [0.25, 0.3) is 11.8 Å². The van der Waals surface area contributed by atoms with E-state index in [9.17, 15) is 19.2 Å². The van der Waals surface area contributed by atoms with Gasteiger partial charge in [-0.3, -0.25) is 19.2 Å². The Bertz CT molecular complexity index is 2190. The lowest BCUT2D eigenvalue weighted by Gasteiger charge is -2.31. The van der Waals surface area contributed by atoms with Crippen LogP contribution in [-0.2, 0) is 9.59 Å². The summed E-state index contributed by atoms with van der Waals surface area (Å²) in [5, 5.41) is 3.15. The van der Waals surface area contributed by atoms with E-state index in [1.54, 1.807) is 85.8 Å². The normalized spacial score (nSPS) is 12.8. The van der Waals surface area contributed by atoms with Crippen molar-refractivity contribution in [3.05, 3.63) is 153 Å². The molecule has 1 aliphatic heterocycles. The molecule has 0 aliphatic carbocycles. The average molecular weight is 797 g/mol. The molecule has 0 atom stereocenters. The van der Waals surface area contributed by atoms with Gasteiger partial charge in [0.05, 0.1) is 16.4 Å². The van der Waals surface area contributed by atoms with Crippen molar-refractivity contribution >= 4 is 58.0 Å². The Kier molecular flexibility index (Phi) is 13.5. The predicted octanol–water partition coefficient (Wildman–Crippen LogP) is 8.82. The number of likely N-dealkylation sites (tertiary alicyclic amines) is 1. The van der Waals surface area contributed by atoms with E-state index in [0.29, 0.717) is 50.9 Å². The van der Waals surface area contributed by atoms with E-state index in [0.717, 1.165) is 38.4 Å². The van der Waals surface area contributed by atoms with Crippen LogP contribution < -0.4 is 19.7 Å². The number of anilines is 2. The van der Waals surface area contributed by atoms with Gasteiger partial charge in [-0.15, -0.1) is 0 Å². The maximum Gasteiger partial charge on any atom is 0.265 e. The zero-order valence-electron chi connectivity index (χ0n) is 30.7. The molecule has 1 saturated heterocycles. The summed E-state index contributed by atoms with van der Waals surface area (Å²) in [5.41, 5.74) is 2.86. The van der Waals surface area contributed by atoms with Crippen molar-refractivity contribution in [3.63, 3.8) is 0 Å². The van der Waals surface area contributed by atoms with Crippen LogP contribution in [-0.4, -0.2) is 67.7 Å². The van der Waals surface area contributed by atoms with Crippen molar-refractivity contribution in [3.8, 4) is 11.5 Å². The van der Waals surface area contributed by atoms with Crippen molar-refractivity contribution in [1.29, 1.82) is 0 Å². The number of aryl methyl sites for hydroxylation is 1. The zero-order chi connectivity index (χ0) is 39.6. The highest BCUT2D eigenvalue weighted by molar-refractivity contribution is 6.33. The fourth-order valence-corrected chi connectivity index (χ4v) is 6.85. The standard InChI is InChI=1S/C44H40Cl2FN3O6/c1-29-24-32(42(53)30-10-4-2-5-11-30)16-19-39(29)55-27-40(51)48-37-12-6-7-13-38(37)50(23-22-49-20-8-3-9-21-49)41(52)28-56-44-35(46)25-33(26-36(44)47)43(54)31-14-17-34(45)18-15-31/h2,4-7,10-19,24-26H,3,8-9,20-23,27-28H2,1H3,(H,48,51). The molecule has 12 heteroatoms. The van der Waals surface area contributed by atoms with E-state index in [2.05, 4.69) is 10.2 Å². The molecule has 1 N–H and O–H groups in total. The fraction of sp³-hybridized carbons (Fsp3) is 0.227. The van der Waals surface area contributed by atoms with Crippen molar-refractivity contribution in [2.45, 2.75) is 26.2 Å². The molecule has 288 valence electrons. The van der Waals surface area contributed by atoms with Crippen LogP contribution in [0.25, 0.3) is 0 Å². The summed E-state index contributed by atoms with van der Waals surface area (Å²) in [4.78, 5) is 56.9. The molecule has 5 aromatic carbocycles. The minimum atomic E-state index is -0.900. The highest BCUT2D eigenvalue weighted by Gasteiger charge is 2.24. The van der Waals surface area contributed by atoms with E-state index < -0.39 is 30.0 Å². The van der Waals surface area contributed by atoms with Gasteiger partial charge in [0.2, 0.25) is 0 Å². The molecule has 0 radical (unpaired) electrons. The van der Waals surface area contributed by atoms with Gasteiger partial charge < -0.3 is 24.6 Å². The summed E-state index contributed by atoms with van der Waals surface area (Å²) in [5.74, 6) is -2.37. The molecule has 1 heterocycles. The second-order valence-corrected chi connectivity index (χ2v) is 14.2. The molecule has 0 saturated carbocycles. The lowest BCUT2D eigenvalue weighted by atomic mass is 10.0. The number of nitrogens with one attached hydrogen (secondary N) is 1. The van der Waals surface area contributed by atoms with Crippen LogP contribution in [0.15, 0.2) is 109 Å². The topological polar surface area (TPSA) is 105 Å². The van der Waals surface area contributed by atoms with Crippen LogP contribution in [0.2, 0.25) is 10.0 Å². The molecule has 6 rings (SSSR count). The number of amides is 2. The first-order valence-corrected chi connectivity index (χ1v) is 19.0. The second-order valence-electron chi connectivity index (χ2n) is 13.4. The van der Waals surface area contributed by atoms with Crippen molar-refractivity contribution < 1.29 is 33.0 Å². The fourth-order valence-electron chi connectivity index (χ4n) is 6.47. The minimum Gasteiger partial charge on any atom is -0.483 e. The summed E-state index contributed by atoms with van der Waals surface area (Å²) in [6.07, 6.45) is 3.27. The number of para-hydroxylation sites is 2. The monoisotopic (exact) mass is 795 g/mol. The quantitative estimate of drug-likeness (QED) is 0.106. The number of hydrogen-bond acceptors (Lipinski definition) is 7. The van der Waals surface area contributed by atoms with Gasteiger partial charge in [0.1, 0.15) is 5.75 Å². The minimum absolute atomic E-state index is 0.00985. The first-order chi connectivity index (χ1) is 27.1. The molecule has 2 amide bonds. The second kappa shape index (κ2) is 18.9. The number of carbonyl (C=O) groups is 4. The Morgan fingerprint density at radius 3 is 2.11 bits per heavy atom. The molecule has 0 bridgehead atoms. The number of rotatable bonds is 15. The Morgan fingerprint density at radius 2 is 1.39 bits per heavy atom. The van der Waals surface area contributed by atoms with Crippen LogP contribution in [0.4, 0.5) is 15.8 Å². The number of ether oxygens (including phenoxy) is 2. The summed E-state index contributed by atoms with van der Waals surface area (Å²) in [6, 6.07) is 29.4. The molecule has 0 spiro atoms. The Morgan fingerprint density at radius 1 is 0.732 bits per heavy atom. The molecule has 1 fully saturated rings. The molecule has 1 aliphatic rings. The molecule has 0 aromatic heterocycles. The molecular weight excluding hydrogens is 756 g/mol. The Balaban J connectivity index is 1.14. The van der Waals surface area contributed by atoms with Gasteiger partial charge in [-0.2, -0.15) is 0 Å². The highest BCUT2D eigenvalue weighted by Crippen LogP contribution is 2.32. The van der Waals surface area contributed by atoms with E-state index in [1.165, 1.54) is 23.1 Å². The summed E-state index contributed by atoms with van der Waals surface area (Å²) < 4.78 is 26.9. The first-order valence-electron chi connectivity index (χ1n) is 18.2. The molecular formula is C44H40Cl2FN3O6. The maximum absolute atomic E-state index is 15.4. The molecule has 56 heavy (non-hydrogen) atoms. The smallest absolute Gasteiger partial charge is 0.265 e. The van der Waals surface area contributed by atoms with Gasteiger partial charge >= 0.3 is 0 Å². The van der Waals surface area contributed by atoms with E-state index in [1.807, 2.05) is 6.07 Å². The van der Waals surface area contributed by atoms with E-state index in [-0.39, 0.29) is 35.3 Å². The number of ketones is 2. The number of halogens is 3. The van der Waals surface area contributed by atoms with Gasteiger partial charge in [0, 0.05) is 40.4 Å². The zero-order valence-corrected chi connectivity index (χ0v) is 32.2. The number of hydrogen-bond donors (Lipinski definition) is 1. The number of benzene rings is 5. The number of nitrogens with zero attached hydrogens (tertiary/aromatic N) is 2. The first kappa shape index (κ1) is 40.1. The average Bonchev–Trinajstić information content (AvgIpc) is 3.21. The lowest BCUT2D eigenvalue weighted by molar-refractivity contribution is -0.121.